The van der Waals surface area contributed by atoms with Crippen molar-refractivity contribution in [2.45, 2.75) is 64.6 Å². The molecule has 1 aromatic carbocycles. The van der Waals surface area contributed by atoms with E-state index in [4.69, 9.17) is 9.47 Å². The van der Waals surface area contributed by atoms with Crippen LogP contribution in [-0.4, -0.2) is 43.7 Å². The summed E-state index contributed by atoms with van der Waals surface area (Å²) in [5, 5.41) is 3.44. The second-order valence-electron chi connectivity index (χ2n) is 6.81. The van der Waals surface area contributed by atoms with Crippen molar-refractivity contribution in [3.63, 3.8) is 0 Å². The monoisotopic (exact) mass is 348 g/mol. The van der Waals surface area contributed by atoms with Crippen molar-refractivity contribution in [3.05, 3.63) is 23.8 Å². The van der Waals surface area contributed by atoms with Crippen molar-refractivity contribution < 1.29 is 14.3 Å². The van der Waals surface area contributed by atoms with Gasteiger partial charge < -0.3 is 14.4 Å². The highest BCUT2D eigenvalue weighted by molar-refractivity contribution is 5.82. The van der Waals surface area contributed by atoms with Gasteiger partial charge in [0.1, 0.15) is 11.5 Å². The molecule has 0 radical (unpaired) electrons. The van der Waals surface area contributed by atoms with Gasteiger partial charge in [-0.1, -0.05) is 6.92 Å². The predicted molar refractivity (Wildman–Crippen MR) is 100 cm³/mol. The van der Waals surface area contributed by atoms with E-state index in [-0.39, 0.29) is 18.0 Å². The Bertz CT molecular complexity index is 576. The molecule has 1 N–H and O–H groups in total. The molecule has 0 bridgehead atoms. The maximum Gasteiger partial charge on any atom is 0.239 e. The van der Waals surface area contributed by atoms with E-state index in [0.717, 1.165) is 42.9 Å². The highest BCUT2D eigenvalue weighted by atomic mass is 16.5. The number of carbonyl (C=O) groups is 1. The molecular weight excluding hydrogens is 316 g/mol. The van der Waals surface area contributed by atoms with Gasteiger partial charge in [0.2, 0.25) is 5.91 Å². The molecule has 2 rings (SSSR count). The lowest BCUT2D eigenvalue weighted by molar-refractivity contribution is -0.137. The molecule has 1 heterocycles. The fourth-order valence-electron chi connectivity index (χ4n) is 3.68. The summed E-state index contributed by atoms with van der Waals surface area (Å²) in [7, 11) is 3.31. The Morgan fingerprint density at radius 3 is 2.68 bits per heavy atom. The van der Waals surface area contributed by atoms with Gasteiger partial charge in [0.05, 0.1) is 20.3 Å². The number of nitrogens with zero attached hydrogens (tertiary/aromatic N) is 1. The second-order valence-corrected chi connectivity index (χ2v) is 6.81. The minimum Gasteiger partial charge on any atom is -0.497 e. The van der Waals surface area contributed by atoms with E-state index < -0.39 is 0 Å². The number of hydrogen-bond acceptors (Lipinski definition) is 4. The average molecular weight is 348 g/mol. The SMILES string of the molecule is CCC1CCCCN1C(=O)C(C)NC(C)c1cc(OC)ccc1OC. The molecule has 1 amide bonds. The molecule has 0 spiro atoms. The van der Waals surface area contributed by atoms with Crippen molar-refractivity contribution in [3.8, 4) is 11.5 Å². The van der Waals surface area contributed by atoms with Gasteiger partial charge >= 0.3 is 0 Å². The molecule has 0 aromatic heterocycles. The summed E-state index contributed by atoms with van der Waals surface area (Å²) in [5.41, 5.74) is 0.993. The van der Waals surface area contributed by atoms with E-state index >= 15 is 0 Å². The van der Waals surface area contributed by atoms with Crippen LogP contribution in [0.2, 0.25) is 0 Å². The van der Waals surface area contributed by atoms with E-state index in [9.17, 15) is 4.79 Å². The molecule has 1 fully saturated rings. The molecule has 1 aliphatic heterocycles. The quantitative estimate of drug-likeness (QED) is 0.819. The molecule has 1 aromatic rings. The summed E-state index contributed by atoms with van der Waals surface area (Å²) in [5.74, 6) is 1.77. The van der Waals surface area contributed by atoms with Crippen LogP contribution in [0, 0.1) is 0 Å². The molecule has 0 saturated carbocycles. The largest absolute Gasteiger partial charge is 0.497 e. The van der Waals surface area contributed by atoms with Crippen molar-refractivity contribution >= 4 is 5.91 Å². The van der Waals surface area contributed by atoms with Gasteiger partial charge in [0.15, 0.2) is 0 Å². The Hall–Kier alpha value is -1.75. The number of carbonyl (C=O) groups excluding carboxylic acids is 1. The van der Waals surface area contributed by atoms with Gasteiger partial charge in [-0.3, -0.25) is 10.1 Å². The first-order valence-corrected chi connectivity index (χ1v) is 9.30. The lowest BCUT2D eigenvalue weighted by Crippen LogP contribution is -2.51. The number of rotatable bonds is 7. The minimum absolute atomic E-state index is 0.0196. The molecule has 3 unspecified atom stereocenters. The molecular formula is C20H32N2O3. The summed E-state index contributed by atoms with van der Waals surface area (Å²) in [6, 6.07) is 5.86. The van der Waals surface area contributed by atoms with E-state index in [1.54, 1.807) is 14.2 Å². The first kappa shape index (κ1) is 19.6. The maximum atomic E-state index is 12.9. The number of benzene rings is 1. The summed E-state index contributed by atoms with van der Waals surface area (Å²) >= 11 is 0. The molecule has 140 valence electrons. The highest BCUT2D eigenvalue weighted by Gasteiger charge is 2.29. The van der Waals surface area contributed by atoms with E-state index in [1.807, 2.05) is 25.1 Å². The first-order chi connectivity index (χ1) is 12.0. The van der Waals surface area contributed by atoms with E-state index in [0.29, 0.717) is 6.04 Å². The Balaban J connectivity index is 2.08. The molecule has 1 saturated heterocycles. The lowest BCUT2D eigenvalue weighted by Gasteiger charge is -2.37. The van der Waals surface area contributed by atoms with Crippen molar-refractivity contribution in [2.24, 2.45) is 0 Å². The topological polar surface area (TPSA) is 50.8 Å². The van der Waals surface area contributed by atoms with Gasteiger partial charge in [-0.05, 0) is 57.7 Å². The van der Waals surface area contributed by atoms with Crippen molar-refractivity contribution in [1.82, 2.24) is 10.2 Å². The zero-order valence-electron chi connectivity index (χ0n) is 16.2. The molecule has 0 aliphatic carbocycles. The van der Waals surface area contributed by atoms with Crippen LogP contribution >= 0.6 is 0 Å². The number of amides is 1. The Morgan fingerprint density at radius 2 is 2.04 bits per heavy atom. The first-order valence-electron chi connectivity index (χ1n) is 9.30. The maximum absolute atomic E-state index is 12.9. The lowest BCUT2D eigenvalue weighted by atomic mass is 9.99. The van der Waals surface area contributed by atoms with Crippen LogP contribution in [0.15, 0.2) is 18.2 Å². The van der Waals surface area contributed by atoms with E-state index in [2.05, 4.69) is 24.1 Å². The van der Waals surface area contributed by atoms with Crippen LogP contribution in [0.3, 0.4) is 0 Å². The fourth-order valence-corrected chi connectivity index (χ4v) is 3.68. The van der Waals surface area contributed by atoms with Crippen LogP contribution < -0.4 is 14.8 Å². The van der Waals surface area contributed by atoms with Crippen LogP contribution in [0.4, 0.5) is 0 Å². The number of methoxy groups -OCH3 is 2. The third kappa shape index (κ3) is 4.66. The number of piperidine rings is 1. The fraction of sp³-hybridized carbons (Fsp3) is 0.650. The van der Waals surface area contributed by atoms with Crippen molar-refractivity contribution in [2.75, 3.05) is 20.8 Å². The van der Waals surface area contributed by atoms with Gasteiger partial charge in [-0.15, -0.1) is 0 Å². The van der Waals surface area contributed by atoms with Gasteiger partial charge in [-0.2, -0.15) is 0 Å². The number of ether oxygens (including phenoxy) is 2. The Labute approximate surface area is 151 Å². The number of likely N-dealkylation sites (tertiary alicyclic amines) is 1. The number of nitrogens with one attached hydrogen (secondary N) is 1. The minimum atomic E-state index is -0.238. The third-order valence-corrected chi connectivity index (χ3v) is 5.16. The summed E-state index contributed by atoms with van der Waals surface area (Å²) in [6.07, 6.45) is 4.47. The van der Waals surface area contributed by atoms with Gasteiger partial charge in [0.25, 0.3) is 0 Å². The van der Waals surface area contributed by atoms with Crippen LogP contribution in [0.1, 0.15) is 58.1 Å². The molecule has 5 heteroatoms. The predicted octanol–water partition coefficient (Wildman–Crippen LogP) is 3.53. The molecule has 1 aliphatic rings. The zero-order valence-corrected chi connectivity index (χ0v) is 16.2. The van der Waals surface area contributed by atoms with Crippen LogP contribution in [0.25, 0.3) is 0 Å². The Kier molecular flexibility index (Phi) is 7.12. The average Bonchev–Trinajstić information content (AvgIpc) is 2.66. The zero-order chi connectivity index (χ0) is 18.4. The summed E-state index contributed by atoms with van der Waals surface area (Å²) < 4.78 is 10.8. The molecule has 25 heavy (non-hydrogen) atoms. The second kappa shape index (κ2) is 9.09. The smallest absolute Gasteiger partial charge is 0.239 e. The Morgan fingerprint density at radius 1 is 1.28 bits per heavy atom. The van der Waals surface area contributed by atoms with Gasteiger partial charge in [-0.25, -0.2) is 0 Å². The van der Waals surface area contributed by atoms with Crippen molar-refractivity contribution in [1.29, 1.82) is 0 Å². The van der Waals surface area contributed by atoms with E-state index in [1.165, 1.54) is 6.42 Å². The standard InChI is InChI=1S/C20H32N2O3/c1-6-16-9-7-8-12-22(16)20(23)15(3)21-14(2)18-13-17(24-4)10-11-19(18)25-5/h10-11,13-16,21H,6-9,12H2,1-5H3. The molecule has 5 nitrogen and oxygen atoms in total. The van der Waals surface area contributed by atoms with Gasteiger partial charge in [0, 0.05) is 24.2 Å². The normalized spacial score (nSPS) is 20.0. The summed E-state index contributed by atoms with van der Waals surface area (Å²) in [4.78, 5) is 15.0. The van der Waals surface area contributed by atoms with Crippen LogP contribution in [-0.2, 0) is 4.79 Å². The molecule has 3 atom stereocenters. The third-order valence-electron chi connectivity index (χ3n) is 5.16. The highest BCUT2D eigenvalue weighted by Crippen LogP contribution is 2.29. The number of hydrogen-bond donors (Lipinski definition) is 1. The van der Waals surface area contributed by atoms with Crippen LogP contribution in [0.5, 0.6) is 11.5 Å². The summed E-state index contributed by atoms with van der Waals surface area (Å²) in [6.45, 7) is 7.04.